The van der Waals surface area contributed by atoms with E-state index < -0.39 is 5.82 Å². The molecule has 1 heterocycles. The lowest BCUT2D eigenvalue weighted by atomic mass is 10.0. The molecule has 4 heteroatoms. The van der Waals surface area contributed by atoms with Crippen molar-refractivity contribution < 1.29 is 9.18 Å². The van der Waals surface area contributed by atoms with Gasteiger partial charge in [0.1, 0.15) is 5.82 Å². The van der Waals surface area contributed by atoms with Crippen LogP contribution in [0.1, 0.15) is 29.3 Å². The van der Waals surface area contributed by atoms with Crippen molar-refractivity contribution in [2.75, 3.05) is 0 Å². The Hall–Kier alpha value is -0.540. The summed E-state index contributed by atoms with van der Waals surface area (Å²) in [5.74, 6) is 0.291. The minimum absolute atomic E-state index is 0.0293. The molecule has 1 unspecified atom stereocenters. The highest BCUT2D eigenvalue weighted by molar-refractivity contribution is 7.99. The first kappa shape index (κ1) is 11.0. The summed E-state index contributed by atoms with van der Waals surface area (Å²) in [5.41, 5.74) is 1.34. The molecule has 1 aromatic rings. The van der Waals surface area contributed by atoms with Crippen molar-refractivity contribution in [2.24, 2.45) is 0 Å². The number of ketones is 1. The zero-order valence-electron chi connectivity index (χ0n) is 8.22. The van der Waals surface area contributed by atoms with Gasteiger partial charge in [0.05, 0.1) is 5.02 Å². The molecule has 1 atom stereocenters. The molecule has 0 fully saturated rings. The third-order valence-corrected chi connectivity index (χ3v) is 3.95. The Labute approximate surface area is 97.0 Å². The van der Waals surface area contributed by atoms with Gasteiger partial charge < -0.3 is 0 Å². The van der Waals surface area contributed by atoms with Crippen molar-refractivity contribution in [3.63, 3.8) is 0 Å². The second kappa shape index (κ2) is 4.14. The van der Waals surface area contributed by atoms with E-state index in [4.69, 9.17) is 11.6 Å². The molecule has 0 amide bonds. The molecule has 1 aliphatic heterocycles. The van der Waals surface area contributed by atoms with Gasteiger partial charge in [-0.1, -0.05) is 18.5 Å². The zero-order chi connectivity index (χ0) is 11.0. The SMILES string of the molecule is CC1CC(=O)c2cc(Cl)c(F)cc2CS1. The highest BCUT2D eigenvalue weighted by Gasteiger charge is 2.21. The van der Waals surface area contributed by atoms with Crippen LogP contribution in [0.15, 0.2) is 12.1 Å². The van der Waals surface area contributed by atoms with Crippen LogP contribution in [-0.4, -0.2) is 11.0 Å². The maximum atomic E-state index is 13.2. The van der Waals surface area contributed by atoms with E-state index in [2.05, 4.69) is 0 Å². The lowest BCUT2D eigenvalue weighted by Gasteiger charge is -2.04. The molecule has 0 saturated carbocycles. The largest absolute Gasteiger partial charge is 0.294 e. The van der Waals surface area contributed by atoms with E-state index in [9.17, 15) is 9.18 Å². The Morgan fingerprint density at radius 2 is 2.27 bits per heavy atom. The van der Waals surface area contributed by atoms with Crippen LogP contribution < -0.4 is 0 Å². The number of carbonyl (C=O) groups excluding carboxylic acids is 1. The van der Waals surface area contributed by atoms with Crippen molar-refractivity contribution in [3.05, 3.63) is 34.1 Å². The number of fused-ring (bicyclic) bond motifs is 1. The molecule has 0 aromatic heterocycles. The molecule has 0 radical (unpaired) electrons. The van der Waals surface area contributed by atoms with Gasteiger partial charge in [-0.2, -0.15) is 11.8 Å². The van der Waals surface area contributed by atoms with Gasteiger partial charge in [-0.25, -0.2) is 4.39 Å². The maximum absolute atomic E-state index is 13.2. The van der Waals surface area contributed by atoms with Crippen molar-refractivity contribution in [1.82, 2.24) is 0 Å². The van der Waals surface area contributed by atoms with Gasteiger partial charge in [0, 0.05) is 23.0 Å². The number of rotatable bonds is 0. The topological polar surface area (TPSA) is 17.1 Å². The molecule has 0 bridgehead atoms. The van der Waals surface area contributed by atoms with Crippen molar-refractivity contribution >= 4 is 29.1 Å². The van der Waals surface area contributed by atoms with Crippen LogP contribution in [0.3, 0.4) is 0 Å². The van der Waals surface area contributed by atoms with Gasteiger partial charge >= 0.3 is 0 Å². The molecule has 15 heavy (non-hydrogen) atoms. The standard InChI is InChI=1S/C11H10ClFOS/c1-6-2-11(14)8-4-9(12)10(13)3-7(8)5-15-6/h3-4,6H,2,5H2,1H3. The first-order chi connectivity index (χ1) is 7.08. The van der Waals surface area contributed by atoms with Crippen LogP contribution >= 0.6 is 23.4 Å². The number of thioether (sulfide) groups is 1. The zero-order valence-corrected chi connectivity index (χ0v) is 9.79. The number of hydrogen-bond acceptors (Lipinski definition) is 2. The first-order valence-corrected chi connectivity index (χ1v) is 6.13. The Balaban J connectivity index is 2.49. The smallest absolute Gasteiger partial charge is 0.164 e. The van der Waals surface area contributed by atoms with Crippen LogP contribution in [-0.2, 0) is 5.75 Å². The summed E-state index contributed by atoms with van der Waals surface area (Å²) in [5, 5.41) is 0.313. The fourth-order valence-corrected chi connectivity index (χ4v) is 2.76. The van der Waals surface area contributed by atoms with Crippen molar-refractivity contribution in [3.8, 4) is 0 Å². The third-order valence-electron chi connectivity index (χ3n) is 2.44. The Bertz CT molecular complexity index is 419. The second-order valence-electron chi connectivity index (χ2n) is 3.67. The number of benzene rings is 1. The van der Waals surface area contributed by atoms with E-state index in [1.807, 2.05) is 6.92 Å². The fraction of sp³-hybridized carbons (Fsp3) is 0.364. The molecular weight excluding hydrogens is 235 g/mol. The van der Waals surface area contributed by atoms with Gasteiger partial charge in [-0.05, 0) is 17.7 Å². The summed E-state index contributed by atoms with van der Waals surface area (Å²) in [6, 6.07) is 2.83. The highest BCUT2D eigenvalue weighted by Crippen LogP contribution is 2.31. The number of Topliss-reactive ketones (excluding diaryl/α,β-unsaturated/α-hetero) is 1. The molecule has 2 rings (SSSR count). The van der Waals surface area contributed by atoms with Crippen LogP contribution in [0.2, 0.25) is 5.02 Å². The van der Waals surface area contributed by atoms with Gasteiger partial charge in [0.25, 0.3) is 0 Å². The van der Waals surface area contributed by atoms with Crippen molar-refractivity contribution in [2.45, 2.75) is 24.3 Å². The van der Waals surface area contributed by atoms with Crippen LogP contribution in [0.4, 0.5) is 4.39 Å². The number of hydrogen-bond donors (Lipinski definition) is 0. The van der Waals surface area contributed by atoms with E-state index in [0.717, 1.165) is 5.56 Å². The number of halogens is 2. The van der Waals surface area contributed by atoms with Gasteiger partial charge in [0.15, 0.2) is 5.78 Å². The van der Waals surface area contributed by atoms with E-state index >= 15 is 0 Å². The monoisotopic (exact) mass is 244 g/mol. The molecular formula is C11H10ClFOS. The van der Waals surface area contributed by atoms with E-state index in [1.165, 1.54) is 12.1 Å². The molecule has 1 aliphatic rings. The molecule has 1 aromatic carbocycles. The van der Waals surface area contributed by atoms with Gasteiger partial charge in [0.2, 0.25) is 0 Å². The Morgan fingerprint density at radius 1 is 1.53 bits per heavy atom. The highest BCUT2D eigenvalue weighted by atomic mass is 35.5. The van der Waals surface area contributed by atoms with E-state index in [0.29, 0.717) is 17.7 Å². The van der Waals surface area contributed by atoms with Crippen LogP contribution in [0.5, 0.6) is 0 Å². The predicted octanol–water partition coefficient (Wildman–Crippen LogP) is 3.69. The summed E-state index contributed by atoms with van der Waals surface area (Å²) >= 11 is 7.34. The summed E-state index contributed by atoms with van der Waals surface area (Å²) in [6.07, 6.45) is 0.500. The van der Waals surface area contributed by atoms with Gasteiger partial charge in [-0.3, -0.25) is 4.79 Å². The quantitative estimate of drug-likeness (QED) is 0.693. The normalized spacial score (nSPS) is 21.0. The van der Waals surface area contributed by atoms with Crippen molar-refractivity contribution in [1.29, 1.82) is 0 Å². The second-order valence-corrected chi connectivity index (χ2v) is 5.51. The first-order valence-electron chi connectivity index (χ1n) is 4.70. The molecule has 0 saturated heterocycles. The van der Waals surface area contributed by atoms with Gasteiger partial charge in [-0.15, -0.1) is 0 Å². The summed E-state index contributed by atoms with van der Waals surface area (Å²) in [4.78, 5) is 11.8. The van der Waals surface area contributed by atoms with Crippen LogP contribution in [0, 0.1) is 5.82 Å². The lowest BCUT2D eigenvalue weighted by Crippen LogP contribution is -2.05. The lowest BCUT2D eigenvalue weighted by molar-refractivity contribution is 0.0983. The Kier molecular flexibility index (Phi) is 3.03. The van der Waals surface area contributed by atoms with E-state index in [-0.39, 0.29) is 16.1 Å². The number of carbonyl (C=O) groups is 1. The minimum Gasteiger partial charge on any atom is -0.294 e. The Morgan fingerprint density at radius 3 is 3.00 bits per heavy atom. The molecule has 1 nitrogen and oxygen atoms in total. The predicted molar refractivity (Wildman–Crippen MR) is 61.1 cm³/mol. The fourth-order valence-electron chi connectivity index (χ4n) is 1.63. The minimum atomic E-state index is -0.446. The molecule has 0 spiro atoms. The molecule has 0 aliphatic carbocycles. The average molecular weight is 245 g/mol. The summed E-state index contributed by atoms with van der Waals surface area (Å²) < 4.78 is 13.2. The third kappa shape index (κ3) is 2.18. The maximum Gasteiger partial charge on any atom is 0.164 e. The summed E-state index contributed by atoms with van der Waals surface area (Å²) in [7, 11) is 0. The van der Waals surface area contributed by atoms with E-state index in [1.54, 1.807) is 11.8 Å². The molecule has 80 valence electrons. The molecule has 0 N–H and O–H groups in total. The van der Waals surface area contributed by atoms with Crippen LogP contribution in [0.25, 0.3) is 0 Å². The summed E-state index contributed by atoms with van der Waals surface area (Å²) in [6.45, 7) is 2.01. The average Bonchev–Trinajstić information content (AvgIpc) is 2.30.